The Morgan fingerprint density at radius 3 is 2.61 bits per heavy atom. The quantitative estimate of drug-likeness (QED) is 0.477. The molecule has 1 aliphatic heterocycles. The van der Waals surface area contributed by atoms with Crippen molar-refractivity contribution in [2.75, 3.05) is 12.3 Å². The van der Waals surface area contributed by atoms with Crippen molar-refractivity contribution in [1.29, 1.82) is 0 Å². The summed E-state index contributed by atoms with van der Waals surface area (Å²) in [4.78, 5) is 31.3. The van der Waals surface area contributed by atoms with E-state index < -0.39 is 48.1 Å². The summed E-state index contributed by atoms with van der Waals surface area (Å²) in [6.45, 7) is 4.53. The van der Waals surface area contributed by atoms with Gasteiger partial charge in [-0.05, 0) is 62.8 Å². The van der Waals surface area contributed by atoms with E-state index in [2.05, 4.69) is 20.1 Å². The van der Waals surface area contributed by atoms with Gasteiger partial charge in [-0.25, -0.2) is 18.7 Å². The van der Waals surface area contributed by atoms with E-state index in [9.17, 15) is 27.2 Å². The lowest BCUT2D eigenvalue weighted by Crippen LogP contribution is -2.47. The fourth-order valence-corrected chi connectivity index (χ4v) is 3.86. The molecule has 3 heterocycles. The molecule has 0 radical (unpaired) electrons. The number of rotatable bonds is 5. The molecule has 4 rings (SSSR count). The first-order valence-electron chi connectivity index (χ1n) is 11.3. The smallest absolute Gasteiger partial charge is 0.444 e. The van der Waals surface area contributed by atoms with Gasteiger partial charge in [0.05, 0.1) is 12.2 Å². The normalized spacial score (nSPS) is 15.9. The number of aromatic nitrogens is 3. The van der Waals surface area contributed by atoms with Gasteiger partial charge >= 0.3 is 12.5 Å². The third kappa shape index (κ3) is 5.95. The van der Waals surface area contributed by atoms with Gasteiger partial charge in [0, 0.05) is 12.1 Å². The summed E-state index contributed by atoms with van der Waals surface area (Å²) in [5.41, 5.74) is 6.44. The average Bonchev–Trinajstić information content (AvgIpc) is 3.42. The van der Waals surface area contributed by atoms with E-state index in [0.29, 0.717) is 16.8 Å². The molecular formula is C24H24F4N6O4. The minimum Gasteiger partial charge on any atom is -0.444 e. The topological polar surface area (TPSA) is 124 Å². The third-order valence-corrected chi connectivity index (χ3v) is 5.45. The van der Waals surface area contributed by atoms with Crippen LogP contribution in [0.5, 0.6) is 5.75 Å². The first-order valence-corrected chi connectivity index (χ1v) is 11.3. The van der Waals surface area contributed by atoms with Crippen LogP contribution in [0.3, 0.4) is 0 Å². The van der Waals surface area contributed by atoms with Gasteiger partial charge < -0.3 is 20.5 Å². The van der Waals surface area contributed by atoms with Gasteiger partial charge in [0.25, 0.3) is 0 Å². The molecule has 2 amide bonds. The number of hydrogen-bond donors (Lipinski definition) is 2. The van der Waals surface area contributed by atoms with Crippen LogP contribution in [0.2, 0.25) is 0 Å². The molecule has 2 aromatic heterocycles. The van der Waals surface area contributed by atoms with Crippen molar-refractivity contribution in [1.82, 2.24) is 24.8 Å². The molecule has 202 valence electrons. The van der Waals surface area contributed by atoms with Crippen LogP contribution in [0.25, 0.3) is 11.1 Å². The van der Waals surface area contributed by atoms with Crippen LogP contribution in [0.4, 0.5) is 28.2 Å². The Bertz CT molecular complexity index is 1410. The summed E-state index contributed by atoms with van der Waals surface area (Å²) < 4.78 is 62.7. The number of fused-ring (bicyclic) bond motifs is 1. The zero-order valence-corrected chi connectivity index (χ0v) is 20.5. The van der Waals surface area contributed by atoms with Crippen molar-refractivity contribution in [3.8, 4) is 5.75 Å². The lowest BCUT2D eigenvalue weighted by molar-refractivity contribution is -0.274. The van der Waals surface area contributed by atoms with Crippen LogP contribution >= 0.6 is 0 Å². The first-order chi connectivity index (χ1) is 17.7. The van der Waals surface area contributed by atoms with Crippen LogP contribution in [-0.4, -0.2) is 56.0 Å². The van der Waals surface area contributed by atoms with Crippen molar-refractivity contribution in [2.24, 2.45) is 0 Å². The second kappa shape index (κ2) is 9.84. The first kappa shape index (κ1) is 26.7. The lowest BCUT2D eigenvalue weighted by atomic mass is 10.1. The maximum Gasteiger partial charge on any atom is 0.573 e. The number of carbonyl (C=O) groups is 2. The molecule has 14 heteroatoms. The maximum absolute atomic E-state index is 14.2. The Morgan fingerprint density at radius 2 is 1.92 bits per heavy atom. The van der Waals surface area contributed by atoms with Crippen LogP contribution in [0, 0.1) is 5.82 Å². The molecule has 3 N–H and O–H groups in total. The Labute approximate surface area is 214 Å². The summed E-state index contributed by atoms with van der Waals surface area (Å²) in [5.74, 6) is -1.95. The van der Waals surface area contributed by atoms with Crippen LogP contribution in [0.15, 0.2) is 42.7 Å². The van der Waals surface area contributed by atoms with Gasteiger partial charge in [-0.1, -0.05) is 0 Å². The summed E-state index contributed by atoms with van der Waals surface area (Å²) in [6, 6.07) is 4.69. The van der Waals surface area contributed by atoms with Crippen LogP contribution in [-0.2, 0) is 16.1 Å². The fourth-order valence-electron chi connectivity index (χ4n) is 3.86. The van der Waals surface area contributed by atoms with Crippen LogP contribution < -0.4 is 15.8 Å². The molecule has 1 aromatic carbocycles. The number of halogens is 4. The Balaban J connectivity index is 1.59. The van der Waals surface area contributed by atoms with E-state index in [4.69, 9.17) is 10.5 Å². The molecule has 0 unspecified atom stereocenters. The van der Waals surface area contributed by atoms with Crippen molar-refractivity contribution in [3.63, 3.8) is 0 Å². The number of nitrogen functional groups attached to an aromatic ring is 1. The van der Waals surface area contributed by atoms with Crippen molar-refractivity contribution >= 4 is 28.9 Å². The molecular weight excluding hydrogens is 512 g/mol. The van der Waals surface area contributed by atoms with Crippen molar-refractivity contribution < 1.29 is 36.6 Å². The van der Waals surface area contributed by atoms with Gasteiger partial charge in [0.2, 0.25) is 5.91 Å². The summed E-state index contributed by atoms with van der Waals surface area (Å²) in [7, 11) is 0. The minimum absolute atomic E-state index is 0.0215. The molecule has 3 aromatic rings. The van der Waals surface area contributed by atoms with E-state index in [1.165, 1.54) is 21.8 Å². The van der Waals surface area contributed by atoms with E-state index in [0.717, 1.165) is 18.2 Å². The van der Waals surface area contributed by atoms with E-state index in [-0.39, 0.29) is 17.9 Å². The summed E-state index contributed by atoms with van der Waals surface area (Å²) in [5, 5.41) is 6.65. The number of anilines is 1. The Hall–Kier alpha value is -4.36. The minimum atomic E-state index is -4.96. The number of hydrogen-bond acceptors (Lipinski definition) is 7. The molecule has 0 saturated heterocycles. The molecule has 0 saturated carbocycles. The molecule has 10 nitrogen and oxygen atoms in total. The monoisotopic (exact) mass is 536 g/mol. The Kier molecular flexibility index (Phi) is 6.91. The lowest BCUT2D eigenvalue weighted by Gasteiger charge is -2.28. The number of alkyl halides is 3. The van der Waals surface area contributed by atoms with Gasteiger partial charge in [-0.2, -0.15) is 5.10 Å². The van der Waals surface area contributed by atoms with Gasteiger partial charge in [-0.15, -0.1) is 13.2 Å². The van der Waals surface area contributed by atoms with E-state index in [1.54, 1.807) is 32.9 Å². The maximum atomic E-state index is 14.2. The second-order valence-corrected chi connectivity index (χ2v) is 9.42. The largest absolute Gasteiger partial charge is 0.573 e. The highest BCUT2D eigenvalue weighted by Crippen LogP contribution is 2.29. The number of nitrogens with zero attached hydrogens (tertiary/aromatic N) is 4. The molecule has 0 bridgehead atoms. The number of nitrogens with two attached hydrogens (primary N) is 1. The number of amides is 2. The molecule has 0 aliphatic carbocycles. The predicted molar refractivity (Wildman–Crippen MR) is 127 cm³/mol. The van der Waals surface area contributed by atoms with Crippen molar-refractivity contribution in [2.45, 2.75) is 45.3 Å². The molecule has 38 heavy (non-hydrogen) atoms. The van der Waals surface area contributed by atoms with Crippen LogP contribution in [0.1, 0.15) is 32.0 Å². The average molecular weight is 536 g/mol. The highest BCUT2D eigenvalue weighted by atomic mass is 19.4. The highest BCUT2D eigenvalue weighted by molar-refractivity contribution is 5.93. The molecule has 1 aliphatic rings. The second-order valence-electron chi connectivity index (χ2n) is 9.42. The van der Waals surface area contributed by atoms with Gasteiger partial charge in [0.1, 0.15) is 35.1 Å². The zero-order valence-electron chi connectivity index (χ0n) is 20.5. The summed E-state index contributed by atoms with van der Waals surface area (Å²) in [6.07, 6.45) is -2.94. The number of nitrogens with one attached hydrogen (secondary N) is 1. The number of carbonyl (C=O) groups excluding carboxylic acids is 2. The highest BCUT2D eigenvalue weighted by Gasteiger charge is 2.38. The number of ether oxygens (including phenoxy) is 2. The van der Waals surface area contributed by atoms with Crippen molar-refractivity contribution in [3.05, 3.63) is 59.8 Å². The standard InChI is InChI=1S/C24H24F4N6O4/c1-23(2,3)38-22(36)33-11-14(17-6-7-18-20(29)31-12-32-34(17)18)9-19(33)21(35)30-10-13-8-15(4-5-16(13)25)37-24(26,27)28/h4-9,12,19H,10-11H2,1-3H3,(H,30,35)(H2,29,31,32)/t19-/m0/s1. The SMILES string of the molecule is CC(C)(C)OC(=O)N1CC(c2ccc3c(N)ncnn23)=C[C@H]1C(=O)NCc1cc(OC(F)(F)F)ccc1F. The predicted octanol–water partition coefficient (Wildman–Crippen LogP) is 3.67. The van der Waals surface area contributed by atoms with Gasteiger partial charge in [-0.3, -0.25) is 9.69 Å². The molecule has 1 atom stereocenters. The van der Waals surface area contributed by atoms with Gasteiger partial charge in [0.15, 0.2) is 5.82 Å². The summed E-state index contributed by atoms with van der Waals surface area (Å²) >= 11 is 0. The van der Waals surface area contributed by atoms with E-state index in [1.807, 2.05) is 0 Å². The number of benzene rings is 1. The Morgan fingerprint density at radius 1 is 1.18 bits per heavy atom. The molecule has 0 spiro atoms. The van der Waals surface area contributed by atoms with E-state index >= 15 is 0 Å². The fraction of sp³-hybridized carbons (Fsp3) is 0.333. The zero-order chi connectivity index (χ0) is 27.8. The molecule has 0 fully saturated rings. The third-order valence-electron chi connectivity index (χ3n) is 5.45.